The summed E-state index contributed by atoms with van der Waals surface area (Å²) >= 11 is 0. The predicted molar refractivity (Wildman–Crippen MR) is 70.6 cm³/mol. The van der Waals surface area contributed by atoms with E-state index in [1.165, 1.54) is 12.5 Å². The second-order valence-corrected chi connectivity index (χ2v) is 5.28. The van der Waals surface area contributed by atoms with Crippen molar-refractivity contribution in [3.8, 4) is 0 Å². The third kappa shape index (κ3) is 2.44. The van der Waals surface area contributed by atoms with Crippen LogP contribution in [-0.4, -0.2) is 15.9 Å². The van der Waals surface area contributed by atoms with E-state index in [4.69, 9.17) is 0 Å². The normalized spacial score (nSPS) is 27.2. The molecule has 1 aliphatic rings. The highest BCUT2D eigenvalue weighted by Gasteiger charge is 2.30. The molecule has 1 aromatic rings. The van der Waals surface area contributed by atoms with Gasteiger partial charge in [-0.25, -0.2) is 4.98 Å². The van der Waals surface area contributed by atoms with E-state index in [1.807, 2.05) is 0 Å². The molecular formula is C13H19N3O2. The van der Waals surface area contributed by atoms with Crippen LogP contribution in [0.3, 0.4) is 0 Å². The molecule has 5 nitrogen and oxygen atoms in total. The zero-order valence-electron chi connectivity index (χ0n) is 11.0. The van der Waals surface area contributed by atoms with E-state index in [9.17, 15) is 10.1 Å². The summed E-state index contributed by atoms with van der Waals surface area (Å²) in [6, 6.07) is 1.90. The van der Waals surface area contributed by atoms with Crippen LogP contribution in [0.5, 0.6) is 0 Å². The molecule has 0 saturated heterocycles. The van der Waals surface area contributed by atoms with E-state index >= 15 is 0 Å². The minimum atomic E-state index is -0.358. The van der Waals surface area contributed by atoms with Gasteiger partial charge in [0.2, 0.25) is 0 Å². The number of pyridine rings is 1. The van der Waals surface area contributed by atoms with Crippen LogP contribution in [0.15, 0.2) is 12.3 Å². The van der Waals surface area contributed by atoms with Crippen LogP contribution in [-0.2, 0) is 0 Å². The Kier molecular flexibility index (Phi) is 3.50. The van der Waals surface area contributed by atoms with Crippen LogP contribution in [0.2, 0.25) is 0 Å². The van der Waals surface area contributed by atoms with Gasteiger partial charge in [0.1, 0.15) is 5.82 Å². The molecule has 2 rings (SSSR count). The average Bonchev–Trinajstić information content (AvgIpc) is 2.63. The first-order chi connectivity index (χ1) is 8.49. The third-order valence-corrected chi connectivity index (χ3v) is 4.07. The highest BCUT2D eigenvalue weighted by atomic mass is 16.6. The highest BCUT2D eigenvalue weighted by Crippen LogP contribution is 2.33. The lowest BCUT2D eigenvalue weighted by atomic mass is 9.98. The Morgan fingerprint density at radius 2 is 2.17 bits per heavy atom. The summed E-state index contributed by atoms with van der Waals surface area (Å²) in [5.41, 5.74) is 0.726. The van der Waals surface area contributed by atoms with Gasteiger partial charge in [0.15, 0.2) is 0 Å². The number of nitrogens with one attached hydrogen (secondary N) is 1. The van der Waals surface area contributed by atoms with Gasteiger partial charge in [-0.2, -0.15) is 0 Å². The van der Waals surface area contributed by atoms with Crippen LogP contribution in [0, 0.1) is 28.9 Å². The Balaban J connectivity index is 2.15. The van der Waals surface area contributed by atoms with Gasteiger partial charge in [0, 0.05) is 17.8 Å². The molecule has 0 spiro atoms. The Morgan fingerprint density at radius 1 is 1.44 bits per heavy atom. The Labute approximate surface area is 107 Å². The SMILES string of the molecule is Cc1cnc(NC2CCC(C)C2C)cc1[N+](=O)[O-]. The molecule has 3 atom stereocenters. The predicted octanol–water partition coefficient (Wildman–Crippen LogP) is 3.14. The summed E-state index contributed by atoms with van der Waals surface area (Å²) in [5, 5.41) is 14.2. The van der Waals surface area contributed by atoms with Gasteiger partial charge in [-0.1, -0.05) is 13.8 Å². The van der Waals surface area contributed by atoms with Gasteiger partial charge >= 0.3 is 0 Å². The second-order valence-electron chi connectivity index (χ2n) is 5.28. The van der Waals surface area contributed by atoms with Gasteiger partial charge < -0.3 is 5.32 Å². The molecule has 1 aliphatic carbocycles. The van der Waals surface area contributed by atoms with Crippen molar-refractivity contribution < 1.29 is 4.92 Å². The molecule has 0 radical (unpaired) electrons. The van der Waals surface area contributed by atoms with Crippen molar-refractivity contribution in [3.05, 3.63) is 27.9 Å². The summed E-state index contributed by atoms with van der Waals surface area (Å²) in [4.78, 5) is 14.7. The first kappa shape index (κ1) is 12.8. The number of rotatable bonds is 3. The summed E-state index contributed by atoms with van der Waals surface area (Å²) in [6.07, 6.45) is 3.86. The number of aromatic nitrogens is 1. The lowest BCUT2D eigenvalue weighted by Gasteiger charge is -2.20. The molecule has 1 heterocycles. The fourth-order valence-electron chi connectivity index (χ4n) is 2.55. The molecule has 0 bridgehead atoms. The van der Waals surface area contributed by atoms with Crippen molar-refractivity contribution in [2.45, 2.75) is 39.7 Å². The van der Waals surface area contributed by atoms with Crippen molar-refractivity contribution in [1.82, 2.24) is 4.98 Å². The lowest BCUT2D eigenvalue weighted by Crippen LogP contribution is -2.24. The number of aryl methyl sites for hydroxylation is 1. The summed E-state index contributed by atoms with van der Waals surface area (Å²) in [6.45, 7) is 6.17. The van der Waals surface area contributed by atoms with Crippen LogP contribution in [0.4, 0.5) is 11.5 Å². The van der Waals surface area contributed by atoms with E-state index in [0.717, 1.165) is 6.42 Å². The molecule has 98 valence electrons. The molecule has 1 N–H and O–H groups in total. The van der Waals surface area contributed by atoms with E-state index in [2.05, 4.69) is 24.1 Å². The number of nitrogens with zero attached hydrogens (tertiary/aromatic N) is 2. The van der Waals surface area contributed by atoms with Gasteiger partial charge in [-0.15, -0.1) is 0 Å². The first-order valence-corrected chi connectivity index (χ1v) is 6.36. The molecule has 5 heteroatoms. The zero-order valence-corrected chi connectivity index (χ0v) is 11.0. The van der Waals surface area contributed by atoms with Crippen molar-refractivity contribution in [3.63, 3.8) is 0 Å². The standard InChI is InChI=1S/C13H19N3O2/c1-8-4-5-11(10(8)3)15-13-6-12(16(17)18)9(2)7-14-13/h6-8,10-11H,4-5H2,1-3H3,(H,14,15). The quantitative estimate of drug-likeness (QED) is 0.660. The molecule has 1 saturated carbocycles. The fourth-order valence-corrected chi connectivity index (χ4v) is 2.55. The number of anilines is 1. The molecular weight excluding hydrogens is 230 g/mol. The van der Waals surface area contributed by atoms with E-state index < -0.39 is 0 Å². The van der Waals surface area contributed by atoms with Crippen molar-refractivity contribution in [2.24, 2.45) is 11.8 Å². The molecule has 3 unspecified atom stereocenters. The highest BCUT2D eigenvalue weighted by molar-refractivity contribution is 5.49. The average molecular weight is 249 g/mol. The van der Waals surface area contributed by atoms with E-state index in [1.54, 1.807) is 13.1 Å². The van der Waals surface area contributed by atoms with Crippen LogP contribution in [0.1, 0.15) is 32.3 Å². The van der Waals surface area contributed by atoms with Crippen molar-refractivity contribution >= 4 is 11.5 Å². The van der Waals surface area contributed by atoms with Crippen LogP contribution in [0.25, 0.3) is 0 Å². The monoisotopic (exact) mass is 249 g/mol. The van der Waals surface area contributed by atoms with Gasteiger partial charge in [0.05, 0.1) is 11.0 Å². The fraction of sp³-hybridized carbons (Fsp3) is 0.615. The van der Waals surface area contributed by atoms with Gasteiger partial charge in [-0.05, 0) is 31.6 Å². The topological polar surface area (TPSA) is 68.1 Å². The molecule has 1 aromatic heterocycles. The van der Waals surface area contributed by atoms with Gasteiger partial charge in [0.25, 0.3) is 5.69 Å². The van der Waals surface area contributed by atoms with Crippen molar-refractivity contribution in [2.75, 3.05) is 5.32 Å². The molecule has 0 amide bonds. The Bertz CT molecular complexity index is 462. The number of hydrogen-bond acceptors (Lipinski definition) is 4. The maximum absolute atomic E-state index is 10.9. The van der Waals surface area contributed by atoms with E-state index in [-0.39, 0.29) is 10.6 Å². The minimum Gasteiger partial charge on any atom is -0.367 e. The molecule has 0 aromatic carbocycles. The Hall–Kier alpha value is -1.65. The summed E-state index contributed by atoms with van der Waals surface area (Å²) < 4.78 is 0. The van der Waals surface area contributed by atoms with Crippen molar-refractivity contribution in [1.29, 1.82) is 0 Å². The Morgan fingerprint density at radius 3 is 2.72 bits per heavy atom. The summed E-state index contributed by atoms with van der Waals surface area (Å²) in [5.74, 6) is 1.88. The van der Waals surface area contributed by atoms with E-state index in [0.29, 0.717) is 29.3 Å². The number of nitro groups is 1. The maximum atomic E-state index is 10.9. The van der Waals surface area contributed by atoms with Gasteiger partial charge in [-0.3, -0.25) is 10.1 Å². The largest absolute Gasteiger partial charge is 0.367 e. The number of hydrogen-bond donors (Lipinski definition) is 1. The maximum Gasteiger partial charge on any atom is 0.277 e. The smallest absolute Gasteiger partial charge is 0.277 e. The third-order valence-electron chi connectivity index (χ3n) is 4.07. The molecule has 18 heavy (non-hydrogen) atoms. The molecule has 0 aliphatic heterocycles. The van der Waals surface area contributed by atoms with Crippen LogP contribution < -0.4 is 5.32 Å². The first-order valence-electron chi connectivity index (χ1n) is 6.36. The zero-order chi connectivity index (χ0) is 13.3. The minimum absolute atomic E-state index is 0.131. The summed E-state index contributed by atoms with van der Waals surface area (Å²) in [7, 11) is 0. The molecule has 1 fully saturated rings. The lowest BCUT2D eigenvalue weighted by molar-refractivity contribution is -0.385. The second kappa shape index (κ2) is 4.92. The van der Waals surface area contributed by atoms with Crippen LogP contribution >= 0.6 is 0 Å².